The highest BCUT2D eigenvalue weighted by Gasteiger charge is 2.10. The molecule has 0 fully saturated rings. The Morgan fingerprint density at radius 1 is 1.37 bits per heavy atom. The number of ketones is 1. The van der Waals surface area contributed by atoms with E-state index < -0.39 is 17.1 Å². The average Bonchev–Trinajstić information content (AvgIpc) is 2.36. The van der Waals surface area contributed by atoms with Crippen molar-refractivity contribution in [1.29, 1.82) is 0 Å². The maximum absolute atomic E-state index is 13.1. The molecule has 1 N–H and O–H groups in total. The molecule has 98 valence electrons. The van der Waals surface area contributed by atoms with Crippen LogP contribution in [0.5, 0.6) is 0 Å². The number of benzene rings is 1. The SMILES string of the molecule is O=C(Cn1cc(F)c(=O)[nH]c1=O)c1cccc(Br)c1. The van der Waals surface area contributed by atoms with Gasteiger partial charge in [-0.25, -0.2) is 4.79 Å². The number of halogens is 2. The molecule has 0 aliphatic heterocycles. The minimum absolute atomic E-state index is 0.344. The summed E-state index contributed by atoms with van der Waals surface area (Å²) in [6, 6.07) is 6.60. The van der Waals surface area contributed by atoms with Gasteiger partial charge >= 0.3 is 5.69 Å². The molecule has 1 heterocycles. The molecule has 0 saturated heterocycles. The number of nitrogens with zero attached hydrogens (tertiary/aromatic N) is 1. The summed E-state index contributed by atoms with van der Waals surface area (Å²) in [5.41, 5.74) is -1.54. The van der Waals surface area contributed by atoms with E-state index in [1.54, 1.807) is 29.2 Å². The summed E-state index contributed by atoms with van der Waals surface area (Å²) in [4.78, 5) is 36.0. The first kappa shape index (κ1) is 13.4. The van der Waals surface area contributed by atoms with Crippen LogP contribution in [0.4, 0.5) is 4.39 Å². The first-order valence-corrected chi connectivity index (χ1v) is 6.04. The molecule has 1 aromatic carbocycles. The smallest absolute Gasteiger partial charge is 0.292 e. The summed E-state index contributed by atoms with van der Waals surface area (Å²) in [6.45, 7) is -0.344. The van der Waals surface area contributed by atoms with Gasteiger partial charge in [-0.05, 0) is 12.1 Å². The van der Waals surface area contributed by atoms with E-state index in [4.69, 9.17) is 0 Å². The fourth-order valence-corrected chi connectivity index (χ4v) is 1.91. The van der Waals surface area contributed by atoms with Crippen molar-refractivity contribution in [2.75, 3.05) is 0 Å². The zero-order chi connectivity index (χ0) is 14.0. The molecule has 0 bridgehead atoms. The molecule has 1 aromatic heterocycles. The van der Waals surface area contributed by atoms with E-state index >= 15 is 0 Å². The minimum atomic E-state index is -1.11. The van der Waals surface area contributed by atoms with Gasteiger partial charge in [-0.1, -0.05) is 28.1 Å². The van der Waals surface area contributed by atoms with E-state index in [9.17, 15) is 18.8 Å². The molecular formula is C12H8BrFN2O3. The van der Waals surface area contributed by atoms with Crippen LogP contribution in [0.2, 0.25) is 0 Å². The Labute approximate surface area is 114 Å². The summed E-state index contributed by atoms with van der Waals surface area (Å²) < 4.78 is 14.6. The fraction of sp³-hybridized carbons (Fsp3) is 0.0833. The Balaban J connectivity index is 2.32. The van der Waals surface area contributed by atoms with Crippen molar-refractivity contribution < 1.29 is 9.18 Å². The molecule has 0 spiro atoms. The van der Waals surface area contributed by atoms with Crippen LogP contribution in [0, 0.1) is 5.82 Å². The topological polar surface area (TPSA) is 71.9 Å². The fourth-order valence-electron chi connectivity index (χ4n) is 1.51. The van der Waals surface area contributed by atoms with Gasteiger partial charge in [0.1, 0.15) is 0 Å². The molecule has 2 aromatic rings. The van der Waals surface area contributed by atoms with E-state index in [1.165, 1.54) is 0 Å². The van der Waals surface area contributed by atoms with E-state index in [0.29, 0.717) is 5.56 Å². The number of H-pyrrole nitrogens is 1. The predicted octanol–water partition coefficient (Wildman–Crippen LogP) is 1.32. The molecule has 0 radical (unpaired) electrons. The van der Waals surface area contributed by atoms with Crippen LogP contribution in [-0.4, -0.2) is 15.3 Å². The van der Waals surface area contributed by atoms with E-state index in [2.05, 4.69) is 15.9 Å². The molecule has 5 nitrogen and oxygen atoms in total. The largest absolute Gasteiger partial charge is 0.328 e. The lowest BCUT2D eigenvalue weighted by molar-refractivity contribution is 0.0970. The lowest BCUT2D eigenvalue weighted by atomic mass is 10.1. The maximum atomic E-state index is 13.1. The minimum Gasteiger partial charge on any atom is -0.292 e. The Bertz CT molecular complexity index is 751. The van der Waals surface area contributed by atoms with Gasteiger partial charge < -0.3 is 0 Å². The van der Waals surface area contributed by atoms with Gasteiger partial charge in [0.15, 0.2) is 5.78 Å². The van der Waals surface area contributed by atoms with Crippen LogP contribution >= 0.6 is 15.9 Å². The first-order valence-electron chi connectivity index (χ1n) is 5.25. The zero-order valence-corrected chi connectivity index (χ0v) is 11.1. The highest BCUT2D eigenvalue weighted by Crippen LogP contribution is 2.12. The number of hydrogen-bond acceptors (Lipinski definition) is 3. The molecule has 0 aliphatic carbocycles. The molecule has 0 amide bonds. The van der Waals surface area contributed by atoms with Crippen molar-refractivity contribution in [3.8, 4) is 0 Å². The first-order chi connectivity index (χ1) is 8.97. The lowest BCUT2D eigenvalue weighted by Crippen LogP contribution is -2.33. The van der Waals surface area contributed by atoms with Gasteiger partial charge in [-0.15, -0.1) is 0 Å². The number of nitrogens with one attached hydrogen (secondary N) is 1. The summed E-state index contributed by atoms with van der Waals surface area (Å²) in [7, 11) is 0. The van der Waals surface area contributed by atoms with Gasteiger partial charge in [0.25, 0.3) is 5.56 Å². The van der Waals surface area contributed by atoms with Crippen LogP contribution < -0.4 is 11.2 Å². The third-order valence-corrected chi connectivity index (χ3v) is 2.92. The summed E-state index contributed by atoms with van der Waals surface area (Å²) in [5, 5.41) is 0. The van der Waals surface area contributed by atoms with Crippen LogP contribution in [0.3, 0.4) is 0 Å². The van der Waals surface area contributed by atoms with Crippen molar-refractivity contribution in [1.82, 2.24) is 9.55 Å². The van der Waals surface area contributed by atoms with Gasteiger partial charge in [-0.2, -0.15) is 4.39 Å². The number of Topliss-reactive ketones (excluding diaryl/α,β-unsaturated/α-hetero) is 1. The predicted molar refractivity (Wildman–Crippen MR) is 69.8 cm³/mol. The molecule has 0 atom stereocenters. The van der Waals surface area contributed by atoms with E-state index in [-0.39, 0.29) is 12.3 Å². The number of hydrogen-bond donors (Lipinski definition) is 1. The summed E-state index contributed by atoms with van der Waals surface area (Å²) in [5.74, 6) is -1.48. The molecule has 0 saturated carbocycles. The summed E-state index contributed by atoms with van der Waals surface area (Å²) >= 11 is 3.22. The van der Waals surface area contributed by atoms with Gasteiger partial charge in [0, 0.05) is 10.0 Å². The highest BCUT2D eigenvalue weighted by atomic mass is 79.9. The standard InChI is InChI=1S/C12H8BrFN2O3/c13-8-3-1-2-7(4-8)10(17)6-16-5-9(14)11(18)15-12(16)19/h1-5H,6H2,(H,15,18,19). The van der Waals surface area contributed by atoms with Crippen molar-refractivity contribution in [2.24, 2.45) is 0 Å². The Hall–Kier alpha value is -2.02. The monoisotopic (exact) mass is 326 g/mol. The Morgan fingerprint density at radius 2 is 2.11 bits per heavy atom. The molecule has 2 rings (SSSR count). The number of rotatable bonds is 3. The maximum Gasteiger partial charge on any atom is 0.328 e. The molecule has 7 heteroatoms. The van der Waals surface area contributed by atoms with Crippen LogP contribution in [0.25, 0.3) is 0 Å². The number of aromatic amines is 1. The number of aromatic nitrogens is 2. The second-order valence-electron chi connectivity index (χ2n) is 3.80. The average molecular weight is 327 g/mol. The quantitative estimate of drug-likeness (QED) is 0.865. The van der Waals surface area contributed by atoms with E-state index in [1.807, 2.05) is 0 Å². The number of carbonyl (C=O) groups is 1. The third kappa shape index (κ3) is 3.05. The molecule has 0 aliphatic rings. The van der Waals surface area contributed by atoms with Gasteiger partial charge in [0.05, 0.1) is 12.7 Å². The van der Waals surface area contributed by atoms with Crippen LogP contribution in [0.1, 0.15) is 10.4 Å². The van der Waals surface area contributed by atoms with Crippen molar-refractivity contribution >= 4 is 21.7 Å². The Kier molecular flexibility index (Phi) is 3.75. The van der Waals surface area contributed by atoms with Crippen LogP contribution in [0.15, 0.2) is 44.5 Å². The second kappa shape index (κ2) is 5.31. The molecule has 0 unspecified atom stereocenters. The molecule has 19 heavy (non-hydrogen) atoms. The lowest BCUT2D eigenvalue weighted by Gasteiger charge is -2.04. The van der Waals surface area contributed by atoms with Crippen LogP contribution in [-0.2, 0) is 6.54 Å². The number of carbonyl (C=O) groups excluding carboxylic acids is 1. The van der Waals surface area contributed by atoms with Crippen molar-refractivity contribution in [3.63, 3.8) is 0 Å². The zero-order valence-electron chi connectivity index (χ0n) is 9.52. The second-order valence-corrected chi connectivity index (χ2v) is 4.71. The third-order valence-electron chi connectivity index (χ3n) is 2.43. The van der Waals surface area contributed by atoms with E-state index in [0.717, 1.165) is 15.2 Å². The van der Waals surface area contributed by atoms with Crippen molar-refractivity contribution in [3.05, 3.63) is 67.2 Å². The van der Waals surface area contributed by atoms with Gasteiger partial charge in [0.2, 0.25) is 5.82 Å². The van der Waals surface area contributed by atoms with Crippen molar-refractivity contribution in [2.45, 2.75) is 6.54 Å². The highest BCUT2D eigenvalue weighted by molar-refractivity contribution is 9.10. The Morgan fingerprint density at radius 3 is 2.79 bits per heavy atom. The van der Waals surface area contributed by atoms with Gasteiger partial charge in [-0.3, -0.25) is 19.1 Å². The normalized spacial score (nSPS) is 10.4. The summed E-state index contributed by atoms with van der Waals surface area (Å²) in [6.07, 6.45) is 0.719. The molecular weight excluding hydrogens is 319 g/mol.